The van der Waals surface area contributed by atoms with Crippen molar-refractivity contribution in [2.75, 3.05) is 13.1 Å². The molecule has 2 aromatic rings. The molecule has 0 saturated carbocycles. The van der Waals surface area contributed by atoms with E-state index >= 15 is 0 Å². The first kappa shape index (κ1) is 16.8. The molecule has 0 bridgehead atoms. The highest BCUT2D eigenvalue weighted by Crippen LogP contribution is 2.08. The number of nitrogens with zero attached hydrogens (tertiary/aromatic N) is 2. The van der Waals surface area contributed by atoms with Gasteiger partial charge in [0.2, 0.25) is 0 Å². The van der Waals surface area contributed by atoms with E-state index in [0.717, 1.165) is 5.56 Å². The Kier molecular flexibility index (Phi) is 4.31. The summed E-state index contributed by atoms with van der Waals surface area (Å²) >= 11 is 0. The summed E-state index contributed by atoms with van der Waals surface area (Å²) in [6, 6.07) is 7.41. The zero-order chi connectivity index (χ0) is 18.1. The van der Waals surface area contributed by atoms with Gasteiger partial charge in [-0.25, -0.2) is 4.39 Å². The zero-order valence-electron chi connectivity index (χ0n) is 13.7. The average Bonchev–Trinajstić information content (AvgIpc) is 2.58. The Hall–Kier alpha value is -3.09. The third-order valence-electron chi connectivity index (χ3n) is 4.25. The predicted octanol–water partition coefficient (Wildman–Crippen LogP) is -0.369. The molecule has 1 amide bonds. The van der Waals surface area contributed by atoms with Crippen LogP contribution in [0.15, 0.2) is 41.3 Å². The summed E-state index contributed by atoms with van der Waals surface area (Å²) in [4.78, 5) is 26.2. The van der Waals surface area contributed by atoms with Crippen LogP contribution < -0.4 is 21.7 Å². The first-order valence-electron chi connectivity index (χ1n) is 7.87. The number of likely N-dealkylation sites (N-methyl/N-ethyl adjacent to an activating group) is 1. The van der Waals surface area contributed by atoms with Crippen LogP contribution in [0, 0.1) is 5.82 Å². The molecule has 6 nitrogen and oxygen atoms in total. The van der Waals surface area contributed by atoms with E-state index in [1.807, 2.05) is 6.92 Å². The lowest BCUT2D eigenvalue weighted by Crippen LogP contribution is -2.54. The van der Waals surface area contributed by atoms with Crippen LogP contribution in [0.25, 0.3) is 11.5 Å². The lowest BCUT2D eigenvalue weighted by molar-refractivity contribution is -0.113. The number of rotatable bonds is 4. The summed E-state index contributed by atoms with van der Waals surface area (Å²) in [6.45, 7) is 2.58. The highest BCUT2D eigenvalue weighted by atomic mass is 19.1. The molecule has 1 aromatic carbocycles. The van der Waals surface area contributed by atoms with Gasteiger partial charge in [0.15, 0.2) is 0 Å². The van der Waals surface area contributed by atoms with Crippen molar-refractivity contribution in [3.8, 4) is 0 Å². The first-order chi connectivity index (χ1) is 11.9. The number of amides is 1. The molecule has 0 aliphatic carbocycles. The largest absolute Gasteiger partial charge is 0.510 e. The van der Waals surface area contributed by atoms with E-state index in [1.165, 1.54) is 16.7 Å². The Morgan fingerprint density at radius 3 is 2.56 bits per heavy atom. The van der Waals surface area contributed by atoms with Crippen molar-refractivity contribution in [1.29, 1.82) is 0 Å². The summed E-state index contributed by atoms with van der Waals surface area (Å²) in [7, 11) is 0. The quantitative estimate of drug-likeness (QED) is 0.793. The van der Waals surface area contributed by atoms with Crippen LogP contribution >= 0.6 is 0 Å². The van der Waals surface area contributed by atoms with Gasteiger partial charge in [-0.3, -0.25) is 9.59 Å². The van der Waals surface area contributed by atoms with E-state index in [-0.39, 0.29) is 35.6 Å². The number of aromatic nitrogens is 1. The van der Waals surface area contributed by atoms with Gasteiger partial charge >= 0.3 is 0 Å². The highest BCUT2D eigenvalue weighted by molar-refractivity contribution is 6.11. The fourth-order valence-corrected chi connectivity index (χ4v) is 3.03. The maximum Gasteiger partial charge on any atom is 0.265 e. The molecule has 3 N–H and O–H groups in total. The minimum atomic E-state index is -0.647. The monoisotopic (exact) mass is 343 g/mol. The molecular weight excluding hydrogens is 325 g/mol. The van der Waals surface area contributed by atoms with E-state index < -0.39 is 11.5 Å². The molecule has 2 heterocycles. The van der Waals surface area contributed by atoms with E-state index in [2.05, 4.69) is 0 Å². The van der Waals surface area contributed by atoms with E-state index in [1.54, 1.807) is 29.3 Å². The van der Waals surface area contributed by atoms with Gasteiger partial charge in [-0.05, 0) is 30.7 Å². The van der Waals surface area contributed by atoms with Gasteiger partial charge in [0.1, 0.15) is 17.3 Å². The number of hydrogen-bond donors (Lipinski definition) is 2. The number of aliphatic hydroxyl groups excluding tert-OH is 1. The van der Waals surface area contributed by atoms with Crippen molar-refractivity contribution >= 4 is 17.4 Å². The standard InChI is InChI=1S/C18H18FN3O3/c1-2-21-10-14(23)15-13(16(21)17(20)24)7-8-22(18(15)25)9-11-3-5-12(19)6-4-11/h3-8,23H,2,9-10H2,1H3,(H2,20,24). The zero-order valence-corrected chi connectivity index (χ0v) is 13.7. The Labute approximate surface area is 142 Å². The van der Waals surface area contributed by atoms with Crippen molar-refractivity contribution < 1.29 is 14.3 Å². The Morgan fingerprint density at radius 2 is 1.96 bits per heavy atom. The van der Waals surface area contributed by atoms with Crippen molar-refractivity contribution in [3.63, 3.8) is 0 Å². The van der Waals surface area contributed by atoms with Crippen LogP contribution in [0.3, 0.4) is 0 Å². The van der Waals surface area contributed by atoms with E-state index in [9.17, 15) is 19.1 Å². The summed E-state index contributed by atoms with van der Waals surface area (Å²) in [6.07, 6.45) is 1.54. The fourth-order valence-electron chi connectivity index (χ4n) is 3.03. The number of carbonyl (C=O) groups is 1. The van der Waals surface area contributed by atoms with Crippen LogP contribution in [0.1, 0.15) is 12.5 Å². The Balaban J connectivity index is 2.20. The van der Waals surface area contributed by atoms with Crippen LogP contribution in [-0.4, -0.2) is 33.6 Å². The smallest absolute Gasteiger partial charge is 0.265 e. The Morgan fingerprint density at radius 1 is 1.28 bits per heavy atom. The molecule has 0 atom stereocenters. The maximum atomic E-state index is 13.0. The lowest BCUT2D eigenvalue weighted by atomic mass is 10.1. The van der Waals surface area contributed by atoms with Gasteiger partial charge in [-0.2, -0.15) is 0 Å². The fraction of sp³-hybridized carbons (Fsp3) is 0.222. The van der Waals surface area contributed by atoms with Gasteiger partial charge in [0, 0.05) is 18.0 Å². The number of hydrogen-bond acceptors (Lipinski definition) is 4. The number of benzene rings is 1. The van der Waals surface area contributed by atoms with Crippen molar-refractivity contribution in [3.05, 3.63) is 68.7 Å². The van der Waals surface area contributed by atoms with Gasteiger partial charge in [0.05, 0.1) is 18.3 Å². The van der Waals surface area contributed by atoms with Crippen LogP contribution in [0.5, 0.6) is 0 Å². The topological polar surface area (TPSA) is 88.6 Å². The normalized spacial score (nSPS) is 13.8. The third kappa shape index (κ3) is 3.00. The average molecular weight is 343 g/mol. The van der Waals surface area contributed by atoms with Crippen LogP contribution in [0.4, 0.5) is 4.39 Å². The second kappa shape index (κ2) is 6.43. The van der Waals surface area contributed by atoms with Gasteiger partial charge in [-0.15, -0.1) is 0 Å². The number of nitrogens with two attached hydrogens (primary N) is 1. The third-order valence-corrected chi connectivity index (χ3v) is 4.25. The summed E-state index contributed by atoms with van der Waals surface area (Å²) in [5, 5.41) is 10.7. The molecule has 0 radical (unpaired) electrons. The first-order valence-corrected chi connectivity index (χ1v) is 7.87. The number of fused-ring (bicyclic) bond motifs is 1. The SMILES string of the molecule is CCN1CC(O)=c2c(ccn(Cc3ccc(F)cc3)c2=O)=C1C(N)=O. The molecule has 1 aliphatic heterocycles. The number of primary amides is 1. The minimum Gasteiger partial charge on any atom is -0.510 e. The van der Waals surface area contributed by atoms with Crippen molar-refractivity contribution in [1.82, 2.24) is 9.47 Å². The number of pyridine rings is 1. The number of halogens is 1. The molecule has 25 heavy (non-hydrogen) atoms. The molecule has 130 valence electrons. The summed E-state index contributed by atoms with van der Waals surface area (Å²) in [5.41, 5.74) is 6.01. The van der Waals surface area contributed by atoms with Gasteiger partial charge in [0.25, 0.3) is 11.5 Å². The molecule has 7 heteroatoms. The molecule has 0 spiro atoms. The highest BCUT2D eigenvalue weighted by Gasteiger charge is 2.23. The molecule has 0 fully saturated rings. The second-order valence-corrected chi connectivity index (χ2v) is 5.84. The van der Waals surface area contributed by atoms with Crippen molar-refractivity contribution in [2.24, 2.45) is 5.73 Å². The second-order valence-electron chi connectivity index (χ2n) is 5.84. The lowest BCUT2D eigenvalue weighted by Gasteiger charge is -2.27. The summed E-state index contributed by atoms with van der Waals surface area (Å²) < 4.78 is 14.4. The van der Waals surface area contributed by atoms with Crippen molar-refractivity contribution in [2.45, 2.75) is 13.5 Å². The molecule has 1 aliphatic rings. The Bertz CT molecular complexity index is 1010. The molecular formula is C18H18FN3O3. The predicted molar refractivity (Wildman–Crippen MR) is 91.3 cm³/mol. The maximum absolute atomic E-state index is 13.0. The molecule has 1 aromatic heterocycles. The van der Waals surface area contributed by atoms with Gasteiger partial charge in [-0.1, -0.05) is 12.1 Å². The van der Waals surface area contributed by atoms with E-state index in [4.69, 9.17) is 5.73 Å². The van der Waals surface area contributed by atoms with Gasteiger partial charge < -0.3 is 20.3 Å². The molecule has 0 saturated heterocycles. The molecule has 3 rings (SSSR count). The van der Waals surface area contributed by atoms with Crippen LogP contribution in [0.2, 0.25) is 0 Å². The molecule has 0 unspecified atom stereocenters. The minimum absolute atomic E-state index is 0.0531. The number of aliphatic hydroxyl groups is 1. The number of carbonyl (C=O) groups excluding carboxylic acids is 1. The van der Waals surface area contributed by atoms with E-state index in [0.29, 0.717) is 11.8 Å². The summed E-state index contributed by atoms with van der Waals surface area (Å²) in [5.74, 6) is -1.10. The van der Waals surface area contributed by atoms with Crippen LogP contribution in [-0.2, 0) is 11.3 Å².